The van der Waals surface area contributed by atoms with Gasteiger partial charge < -0.3 is 20.5 Å². The average Bonchev–Trinajstić information content (AvgIpc) is 3.08. The van der Waals surface area contributed by atoms with Gasteiger partial charge in [-0.05, 0) is 43.2 Å². The number of halogens is 1. The number of ether oxygens (including phenoxy) is 1. The minimum atomic E-state index is -0.520. The number of anilines is 1. The Kier molecular flexibility index (Phi) is 4.20. The molecule has 0 aromatic heterocycles. The summed E-state index contributed by atoms with van der Waals surface area (Å²) in [6, 6.07) is 3.93. The van der Waals surface area contributed by atoms with Crippen molar-refractivity contribution in [3.8, 4) is 5.75 Å². The van der Waals surface area contributed by atoms with Gasteiger partial charge in [-0.2, -0.15) is 0 Å². The number of hydrogen-bond acceptors (Lipinski definition) is 3. The second-order valence-corrected chi connectivity index (χ2v) is 6.15. The number of fused-ring (bicyclic) bond motifs is 2. The Morgan fingerprint density at radius 3 is 2.86 bits per heavy atom. The van der Waals surface area contributed by atoms with Crippen LogP contribution in [0.1, 0.15) is 19.3 Å². The highest BCUT2D eigenvalue weighted by Crippen LogP contribution is 2.48. The first-order chi connectivity index (χ1) is 10.6. The van der Waals surface area contributed by atoms with Gasteiger partial charge in [-0.1, -0.05) is 0 Å². The highest BCUT2D eigenvalue weighted by Gasteiger charge is 2.47. The molecule has 0 spiro atoms. The average molecular weight is 308 g/mol. The lowest BCUT2D eigenvalue weighted by Gasteiger charge is -2.30. The maximum Gasteiger partial charge on any atom is 0.319 e. The first-order valence-electron chi connectivity index (χ1n) is 7.64. The highest BCUT2D eigenvalue weighted by molar-refractivity contribution is 5.89. The van der Waals surface area contributed by atoms with Crippen LogP contribution in [-0.2, 0) is 0 Å². The fourth-order valence-corrected chi connectivity index (χ4v) is 3.96. The van der Waals surface area contributed by atoms with E-state index in [0.29, 0.717) is 17.5 Å². The van der Waals surface area contributed by atoms with Gasteiger partial charge >= 0.3 is 6.03 Å². The predicted molar refractivity (Wildman–Crippen MR) is 80.3 cm³/mol. The number of rotatable bonds is 4. The molecule has 2 aliphatic rings. The van der Waals surface area contributed by atoms with Gasteiger partial charge in [0, 0.05) is 30.3 Å². The minimum absolute atomic E-state index is 0.00634. The van der Waals surface area contributed by atoms with Crippen molar-refractivity contribution in [3.05, 3.63) is 24.0 Å². The number of hydrogen-bond donors (Lipinski definition) is 3. The standard InChI is InChI=1S/C16H21FN2O3/c1-22-14-5-4-11(7-13(14)17)18-16(21)19-15-10-3-2-9(6-10)12(15)8-20/h4-5,7,9-10,12,15,20H,2-3,6,8H2,1H3,(H2,18,19,21). The first kappa shape index (κ1) is 15.1. The van der Waals surface area contributed by atoms with Crippen LogP contribution < -0.4 is 15.4 Å². The molecule has 2 bridgehead atoms. The van der Waals surface area contributed by atoms with E-state index in [9.17, 15) is 14.3 Å². The van der Waals surface area contributed by atoms with Crippen molar-refractivity contribution < 1.29 is 19.0 Å². The summed E-state index contributed by atoms with van der Waals surface area (Å²) in [5, 5.41) is 15.1. The van der Waals surface area contributed by atoms with Gasteiger partial charge in [-0.25, -0.2) is 9.18 Å². The molecule has 2 aliphatic carbocycles. The Morgan fingerprint density at radius 2 is 2.18 bits per heavy atom. The van der Waals surface area contributed by atoms with Crippen LogP contribution >= 0.6 is 0 Å². The molecule has 0 heterocycles. The summed E-state index contributed by atoms with van der Waals surface area (Å²) in [6.07, 6.45) is 3.32. The van der Waals surface area contributed by atoms with Gasteiger partial charge in [-0.3, -0.25) is 0 Å². The molecule has 3 N–H and O–H groups in total. The third-order valence-corrected chi connectivity index (χ3v) is 5.01. The summed E-state index contributed by atoms with van der Waals surface area (Å²) in [5.41, 5.74) is 0.375. The number of carbonyl (C=O) groups is 1. The van der Waals surface area contributed by atoms with E-state index in [4.69, 9.17) is 4.74 Å². The van der Waals surface area contributed by atoms with Crippen LogP contribution in [0, 0.1) is 23.6 Å². The van der Waals surface area contributed by atoms with E-state index in [-0.39, 0.29) is 30.3 Å². The van der Waals surface area contributed by atoms with E-state index < -0.39 is 5.82 Å². The van der Waals surface area contributed by atoms with Gasteiger partial charge in [0.2, 0.25) is 0 Å². The molecule has 4 atom stereocenters. The lowest BCUT2D eigenvalue weighted by molar-refractivity contribution is 0.146. The van der Waals surface area contributed by atoms with E-state index >= 15 is 0 Å². The third-order valence-electron chi connectivity index (χ3n) is 5.01. The Bertz CT molecular complexity index is 566. The molecule has 2 fully saturated rings. The first-order valence-corrected chi connectivity index (χ1v) is 7.64. The monoisotopic (exact) mass is 308 g/mol. The topological polar surface area (TPSA) is 70.6 Å². The number of amides is 2. The van der Waals surface area contributed by atoms with Gasteiger partial charge in [-0.15, -0.1) is 0 Å². The molecule has 4 unspecified atom stereocenters. The van der Waals surface area contributed by atoms with Crippen LogP contribution in [0.15, 0.2) is 18.2 Å². The van der Waals surface area contributed by atoms with Crippen LogP contribution in [0.3, 0.4) is 0 Å². The zero-order valence-corrected chi connectivity index (χ0v) is 12.5. The number of urea groups is 1. The van der Waals surface area contributed by atoms with Gasteiger partial charge in [0.05, 0.1) is 7.11 Å². The highest BCUT2D eigenvalue weighted by atomic mass is 19.1. The molecule has 1 aromatic carbocycles. The fraction of sp³-hybridized carbons (Fsp3) is 0.562. The SMILES string of the molecule is COc1ccc(NC(=O)NC2C3CCC(C3)C2CO)cc1F. The molecule has 6 heteroatoms. The Balaban J connectivity index is 1.62. The second-order valence-electron chi connectivity index (χ2n) is 6.15. The van der Waals surface area contributed by atoms with Crippen LogP contribution in [0.25, 0.3) is 0 Å². The third kappa shape index (κ3) is 2.75. The van der Waals surface area contributed by atoms with Crippen LogP contribution in [0.5, 0.6) is 5.75 Å². The molecule has 2 saturated carbocycles. The molecule has 22 heavy (non-hydrogen) atoms. The second kappa shape index (κ2) is 6.12. The van der Waals surface area contributed by atoms with E-state index in [2.05, 4.69) is 10.6 Å². The number of carbonyl (C=O) groups excluding carboxylic acids is 1. The summed E-state index contributed by atoms with van der Waals surface area (Å²) >= 11 is 0. The molecular formula is C16H21FN2O3. The zero-order valence-electron chi connectivity index (χ0n) is 12.5. The van der Waals surface area contributed by atoms with E-state index in [1.54, 1.807) is 6.07 Å². The van der Waals surface area contributed by atoms with E-state index in [1.807, 2.05) is 0 Å². The van der Waals surface area contributed by atoms with Gasteiger partial charge in [0.1, 0.15) is 0 Å². The molecule has 120 valence electrons. The Hall–Kier alpha value is -1.82. The van der Waals surface area contributed by atoms with Crippen molar-refractivity contribution in [1.82, 2.24) is 5.32 Å². The predicted octanol–water partition coefficient (Wildman–Crippen LogP) is 2.36. The lowest BCUT2D eigenvalue weighted by Crippen LogP contribution is -2.46. The number of nitrogens with one attached hydrogen (secondary N) is 2. The molecule has 0 aliphatic heterocycles. The van der Waals surface area contributed by atoms with Crippen molar-refractivity contribution in [2.24, 2.45) is 17.8 Å². The summed E-state index contributed by atoms with van der Waals surface area (Å²) in [7, 11) is 1.39. The number of aliphatic hydroxyl groups excluding tert-OH is 1. The lowest BCUT2D eigenvalue weighted by atomic mass is 9.85. The van der Waals surface area contributed by atoms with E-state index in [1.165, 1.54) is 19.2 Å². The number of benzene rings is 1. The van der Waals surface area contributed by atoms with Crippen molar-refractivity contribution in [2.75, 3.05) is 19.0 Å². The van der Waals surface area contributed by atoms with Crippen molar-refractivity contribution in [2.45, 2.75) is 25.3 Å². The van der Waals surface area contributed by atoms with Crippen LogP contribution in [-0.4, -0.2) is 30.9 Å². The molecule has 2 amide bonds. The van der Waals surface area contributed by atoms with Gasteiger partial charge in [0.25, 0.3) is 0 Å². The molecule has 0 radical (unpaired) electrons. The summed E-state index contributed by atoms with van der Waals surface area (Å²) in [5.74, 6) is 0.712. The largest absolute Gasteiger partial charge is 0.494 e. The molecule has 5 nitrogen and oxygen atoms in total. The normalized spacial score (nSPS) is 29.4. The van der Waals surface area contributed by atoms with Crippen LogP contribution in [0.2, 0.25) is 0 Å². The zero-order chi connectivity index (χ0) is 15.7. The minimum Gasteiger partial charge on any atom is -0.494 e. The Morgan fingerprint density at radius 1 is 1.41 bits per heavy atom. The summed E-state index contributed by atoms with van der Waals surface area (Å²) in [4.78, 5) is 12.1. The number of aliphatic hydroxyl groups is 1. The summed E-state index contributed by atoms with van der Waals surface area (Å²) < 4.78 is 18.5. The summed E-state index contributed by atoms with van der Waals surface area (Å²) in [6.45, 7) is 0.100. The molecular weight excluding hydrogens is 287 g/mol. The van der Waals surface area contributed by atoms with Crippen molar-refractivity contribution in [1.29, 1.82) is 0 Å². The van der Waals surface area contributed by atoms with Gasteiger partial charge in [0.15, 0.2) is 11.6 Å². The maximum absolute atomic E-state index is 13.6. The quantitative estimate of drug-likeness (QED) is 0.799. The maximum atomic E-state index is 13.6. The molecule has 3 rings (SSSR count). The molecule has 0 saturated heterocycles. The van der Waals surface area contributed by atoms with Crippen molar-refractivity contribution >= 4 is 11.7 Å². The molecule has 1 aromatic rings. The van der Waals surface area contributed by atoms with Crippen molar-refractivity contribution in [3.63, 3.8) is 0 Å². The van der Waals surface area contributed by atoms with E-state index in [0.717, 1.165) is 19.3 Å². The van der Waals surface area contributed by atoms with Crippen LogP contribution in [0.4, 0.5) is 14.9 Å². The number of methoxy groups -OCH3 is 1. The Labute approximate surface area is 128 Å². The fourth-order valence-electron chi connectivity index (χ4n) is 3.96. The smallest absolute Gasteiger partial charge is 0.319 e.